The summed E-state index contributed by atoms with van der Waals surface area (Å²) in [5.41, 5.74) is 0. The van der Waals surface area contributed by atoms with Crippen molar-refractivity contribution in [2.75, 3.05) is 6.61 Å². The van der Waals surface area contributed by atoms with Crippen LogP contribution in [-0.4, -0.2) is 24.6 Å². The van der Waals surface area contributed by atoms with Gasteiger partial charge in [0.1, 0.15) is 6.61 Å². The van der Waals surface area contributed by atoms with Crippen molar-refractivity contribution < 1.29 is 63.4 Å². The molecule has 122 valence electrons. The highest BCUT2D eigenvalue weighted by atomic mass is 31.3. The van der Waals surface area contributed by atoms with Gasteiger partial charge in [-0.15, -0.1) is 0 Å². The third-order valence-corrected chi connectivity index (χ3v) is 3.46. The van der Waals surface area contributed by atoms with Crippen LogP contribution < -0.4 is 14.7 Å². The Labute approximate surface area is 105 Å². The lowest BCUT2D eigenvalue weighted by molar-refractivity contribution is -0.362. The van der Waals surface area contributed by atoms with Gasteiger partial charge in [0.2, 0.25) is 0 Å². The molecule has 0 bridgehead atoms. The first-order valence-electron chi connectivity index (χ1n) is 3.93. The number of rotatable bonds is 6. The molecule has 0 fully saturated rings. The van der Waals surface area contributed by atoms with Crippen LogP contribution in [0.5, 0.6) is 0 Å². The van der Waals surface area contributed by atoms with Gasteiger partial charge in [0.05, 0.1) is 7.82 Å². The van der Waals surface area contributed by atoms with Gasteiger partial charge in [0.15, 0.2) is 0 Å². The van der Waals surface area contributed by atoms with Gasteiger partial charge in [0, 0.05) is 0 Å². The maximum absolute atomic E-state index is 12.5. The summed E-state index contributed by atoms with van der Waals surface area (Å²) in [6.45, 7) is -3.10. The molecule has 0 aromatic heterocycles. The molecule has 0 spiro atoms. The van der Waals surface area contributed by atoms with Gasteiger partial charge in [-0.25, -0.2) is 0 Å². The molecule has 0 amide bonds. The van der Waals surface area contributed by atoms with E-state index in [0.717, 1.165) is 0 Å². The Balaban J connectivity index is 4.98. The normalized spacial score (nSPS) is 17.9. The molecule has 0 saturated heterocycles. The molecule has 0 rings (SSSR count). The Bertz CT molecular complexity index is 441. The SMILES string of the molecule is O=P([O-])([O-])OP(=O)([O-])OCC(F)(F)C(F)(F)C(F)(F)F. The number of phosphoric ester groups is 1. The highest BCUT2D eigenvalue weighted by Crippen LogP contribution is 2.53. The minimum atomic E-state index is -6.74. The first-order chi connectivity index (χ1) is 8.41. The Morgan fingerprint density at radius 1 is 0.900 bits per heavy atom. The minimum absolute atomic E-state index is 2.58. The first-order valence-corrected chi connectivity index (χ1v) is 6.85. The van der Waals surface area contributed by atoms with Crippen LogP contribution in [0, 0.1) is 0 Å². The summed E-state index contributed by atoms with van der Waals surface area (Å²) in [7, 11) is -12.6. The van der Waals surface area contributed by atoms with E-state index >= 15 is 0 Å². The fraction of sp³-hybridized carbons (Fsp3) is 1.00. The maximum Gasteiger partial charge on any atom is 0.459 e. The number of hydrogen-bond donors (Lipinski definition) is 0. The average Bonchev–Trinajstić information content (AvgIpc) is 2.09. The van der Waals surface area contributed by atoms with Crippen LogP contribution in [0.1, 0.15) is 0 Å². The zero-order chi connectivity index (χ0) is 16.6. The number of hydrogen-bond acceptors (Lipinski definition) is 7. The summed E-state index contributed by atoms with van der Waals surface area (Å²) in [4.78, 5) is 30.0. The van der Waals surface area contributed by atoms with Crippen LogP contribution in [0.2, 0.25) is 0 Å². The van der Waals surface area contributed by atoms with E-state index < -0.39 is 40.3 Å². The molecule has 0 aliphatic heterocycles. The van der Waals surface area contributed by atoms with E-state index in [0.29, 0.717) is 0 Å². The van der Waals surface area contributed by atoms with Crippen molar-refractivity contribution >= 4 is 15.6 Å². The standard InChI is InChI=1S/C4H5F7O7P2/c5-2(6,3(7,8)4(9,10)11)1-17-20(15,16)18-19(12,13)14/h1H2,(H,15,16)(H2,12,13,14)/p-3. The smallest absolute Gasteiger partial charge is 0.459 e. The summed E-state index contributed by atoms with van der Waals surface area (Å²) >= 11 is 0. The number of alkyl halides is 7. The first kappa shape index (κ1) is 19.8. The van der Waals surface area contributed by atoms with Crippen LogP contribution in [0.4, 0.5) is 30.7 Å². The van der Waals surface area contributed by atoms with Crippen molar-refractivity contribution in [2.24, 2.45) is 0 Å². The lowest BCUT2D eigenvalue weighted by Gasteiger charge is -2.36. The van der Waals surface area contributed by atoms with E-state index in [2.05, 4.69) is 8.83 Å². The van der Waals surface area contributed by atoms with Crippen molar-refractivity contribution in [1.29, 1.82) is 0 Å². The van der Waals surface area contributed by atoms with Crippen molar-refractivity contribution in [3.05, 3.63) is 0 Å². The fourth-order valence-electron chi connectivity index (χ4n) is 0.604. The van der Waals surface area contributed by atoms with Gasteiger partial charge in [-0.3, -0.25) is 8.88 Å². The van der Waals surface area contributed by atoms with Crippen LogP contribution >= 0.6 is 15.6 Å². The predicted octanol–water partition coefficient (Wildman–Crippen LogP) is 0.150. The summed E-state index contributed by atoms with van der Waals surface area (Å²) < 4.78 is 110. The van der Waals surface area contributed by atoms with Gasteiger partial charge in [-0.1, -0.05) is 0 Å². The molecule has 0 aliphatic carbocycles. The number of phosphoric acid groups is 2. The van der Waals surface area contributed by atoms with Crippen molar-refractivity contribution in [3.63, 3.8) is 0 Å². The molecule has 1 unspecified atom stereocenters. The zero-order valence-electron chi connectivity index (χ0n) is 8.61. The molecular weight excluding hydrogens is 355 g/mol. The highest BCUT2D eigenvalue weighted by molar-refractivity contribution is 7.58. The third kappa shape index (κ3) is 5.28. The fourth-order valence-corrected chi connectivity index (χ4v) is 2.09. The monoisotopic (exact) mass is 357 g/mol. The molecule has 0 aromatic rings. The maximum atomic E-state index is 12.5. The van der Waals surface area contributed by atoms with Crippen LogP contribution in [-0.2, 0) is 18.0 Å². The van der Waals surface area contributed by atoms with Gasteiger partial charge in [-0.2, -0.15) is 30.7 Å². The van der Waals surface area contributed by atoms with Crippen LogP contribution in [0.15, 0.2) is 0 Å². The molecule has 0 N–H and O–H groups in total. The Morgan fingerprint density at radius 2 is 1.30 bits per heavy atom. The van der Waals surface area contributed by atoms with Gasteiger partial charge < -0.3 is 23.8 Å². The molecule has 0 aromatic carbocycles. The number of halogens is 7. The molecule has 0 aliphatic rings. The summed E-state index contributed by atoms with van der Waals surface area (Å²) in [6.07, 6.45) is -6.74. The topological polar surface area (TPSA) is 122 Å². The lowest BCUT2D eigenvalue weighted by atomic mass is 10.2. The Kier molecular flexibility index (Phi) is 5.46. The summed E-state index contributed by atoms with van der Waals surface area (Å²) in [5.74, 6) is -12.7. The molecular formula is C4H2F7O7P2-3. The van der Waals surface area contributed by atoms with E-state index in [9.17, 15) is 54.5 Å². The van der Waals surface area contributed by atoms with E-state index in [1.165, 1.54) is 0 Å². The van der Waals surface area contributed by atoms with Crippen LogP contribution in [0.25, 0.3) is 0 Å². The second-order valence-corrected chi connectivity index (χ2v) is 5.73. The summed E-state index contributed by atoms with van der Waals surface area (Å²) in [6, 6.07) is 0. The van der Waals surface area contributed by atoms with E-state index in [-0.39, 0.29) is 0 Å². The molecule has 0 heterocycles. The molecule has 7 nitrogen and oxygen atoms in total. The van der Waals surface area contributed by atoms with E-state index in [1.807, 2.05) is 0 Å². The zero-order valence-corrected chi connectivity index (χ0v) is 10.4. The lowest BCUT2D eigenvalue weighted by Crippen LogP contribution is -2.54. The molecule has 20 heavy (non-hydrogen) atoms. The van der Waals surface area contributed by atoms with Gasteiger partial charge in [0.25, 0.3) is 7.82 Å². The third-order valence-electron chi connectivity index (χ3n) is 1.42. The average molecular weight is 357 g/mol. The van der Waals surface area contributed by atoms with Gasteiger partial charge in [-0.05, 0) is 0 Å². The molecule has 1 atom stereocenters. The predicted molar refractivity (Wildman–Crippen MR) is 38.2 cm³/mol. The van der Waals surface area contributed by atoms with E-state index in [4.69, 9.17) is 0 Å². The minimum Gasteiger partial charge on any atom is -0.790 e. The van der Waals surface area contributed by atoms with E-state index in [1.54, 1.807) is 0 Å². The van der Waals surface area contributed by atoms with Crippen molar-refractivity contribution in [1.82, 2.24) is 0 Å². The second-order valence-electron chi connectivity index (χ2n) is 3.03. The quantitative estimate of drug-likeness (QED) is 0.490. The molecule has 16 heteroatoms. The Morgan fingerprint density at radius 3 is 1.60 bits per heavy atom. The van der Waals surface area contributed by atoms with Crippen molar-refractivity contribution in [2.45, 2.75) is 18.0 Å². The molecule has 0 radical (unpaired) electrons. The molecule has 0 saturated carbocycles. The summed E-state index contributed by atoms with van der Waals surface area (Å²) in [5, 5.41) is 0. The highest BCUT2D eigenvalue weighted by Gasteiger charge is 2.73. The largest absolute Gasteiger partial charge is 0.790 e. The van der Waals surface area contributed by atoms with Crippen molar-refractivity contribution in [3.8, 4) is 0 Å². The Hall–Kier alpha value is -0.230. The van der Waals surface area contributed by atoms with Crippen LogP contribution in [0.3, 0.4) is 0 Å². The second kappa shape index (κ2) is 5.52. The van der Waals surface area contributed by atoms with Gasteiger partial charge >= 0.3 is 18.0 Å².